The number of urea groups is 1. The number of carbonyl (C=O) groups is 1. The van der Waals surface area contributed by atoms with Gasteiger partial charge in [-0.15, -0.1) is 6.01 Å². The third-order valence-electron chi connectivity index (χ3n) is 6.54. The third kappa shape index (κ3) is 30.4. The van der Waals surface area contributed by atoms with Crippen LogP contribution in [0.1, 0.15) is 117 Å². The van der Waals surface area contributed by atoms with E-state index in [4.69, 9.17) is 17.0 Å². The summed E-state index contributed by atoms with van der Waals surface area (Å²) in [5.74, 6) is 0. The summed E-state index contributed by atoms with van der Waals surface area (Å²) in [6.45, 7) is 10.1. The van der Waals surface area contributed by atoms with E-state index >= 15 is 0 Å². The van der Waals surface area contributed by atoms with Crippen molar-refractivity contribution in [1.29, 1.82) is 0 Å². The fourth-order valence-electron chi connectivity index (χ4n) is 4.10. The van der Waals surface area contributed by atoms with Crippen LogP contribution in [0.2, 0.25) is 5.02 Å². The van der Waals surface area contributed by atoms with Crippen molar-refractivity contribution in [2.24, 2.45) is 4.99 Å². The van der Waals surface area contributed by atoms with Crippen molar-refractivity contribution in [2.75, 3.05) is 25.0 Å². The van der Waals surface area contributed by atoms with Gasteiger partial charge in [-0.25, -0.2) is 0 Å². The van der Waals surface area contributed by atoms with Gasteiger partial charge in [-0.3, -0.25) is 4.79 Å². The van der Waals surface area contributed by atoms with E-state index < -0.39 is 6.03 Å². The first-order chi connectivity index (χ1) is 18.6. The molecule has 0 radical (unpaired) electrons. The SMILES string of the molecule is CCN(CC)CC.[CH-]1CCCCC1.[CH-]1CCCCC1.[CH-]1CCCCC1.[Cl-].[N-]=C=NC(=O)Nc1ccc(Cl)cc1.[Sn+4]. The molecule has 0 spiro atoms. The summed E-state index contributed by atoms with van der Waals surface area (Å²) in [5, 5.41) is 11.0. The zero-order chi connectivity index (χ0) is 28.1. The number of rotatable bonds is 4. The van der Waals surface area contributed by atoms with Crippen LogP contribution in [0.3, 0.4) is 0 Å². The molecule has 3 aliphatic rings. The molecule has 1 N–H and O–H groups in total. The monoisotopic (exact) mass is 699 g/mol. The van der Waals surface area contributed by atoms with Crippen LogP contribution < -0.4 is 17.7 Å². The first-order valence-corrected chi connectivity index (χ1v) is 15.3. The molecule has 0 unspecified atom stereocenters. The number of hydrogen-bond acceptors (Lipinski definition) is 2. The molecule has 0 heterocycles. The average molecular weight is 699 g/mol. The minimum absolute atomic E-state index is 0. The minimum Gasteiger partial charge on any atom is -1.00 e. The van der Waals surface area contributed by atoms with Crippen LogP contribution in [0.4, 0.5) is 10.5 Å². The summed E-state index contributed by atoms with van der Waals surface area (Å²) in [6, 6.07) is 7.19. The Kier molecular flexibility index (Phi) is 37.9. The Balaban J connectivity index is -0.000000441. The van der Waals surface area contributed by atoms with Crippen molar-refractivity contribution in [3.63, 3.8) is 0 Å². The molecular formula is C32H53Cl2N4OSn-. The third-order valence-corrected chi connectivity index (χ3v) is 6.79. The molecule has 0 aliphatic heterocycles. The van der Waals surface area contributed by atoms with Gasteiger partial charge in [0, 0.05) is 10.7 Å². The Morgan fingerprint density at radius 2 is 1.15 bits per heavy atom. The van der Waals surface area contributed by atoms with E-state index in [9.17, 15) is 4.79 Å². The van der Waals surface area contributed by atoms with Gasteiger partial charge in [0.2, 0.25) is 6.03 Å². The second-order valence-electron chi connectivity index (χ2n) is 9.55. The Bertz CT molecular complexity index is 631. The Morgan fingerprint density at radius 1 is 0.800 bits per heavy atom. The number of carbonyl (C=O) groups excluding carboxylic acids is 1. The van der Waals surface area contributed by atoms with Gasteiger partial charge in [0.1, 0.15) is 0 Å². The molecule has 1 aromatic rings. The number of nitrogens with one attached hydrogen (secondary N) is 1. The Morgan fingerprint density at radius 3 is 1.35 bits per heavy atom. The van der Waals surface area contributed by atoms with Gasteiger partial charge in [-0.1, -0.05) is 90.2 Å². The second kappa shape index (κ2) is 34.6. The first-order valence-electron chi connectivity index (χ1n) is 14.9. The van der Waals surface area contributed by atoms with Crippen LogP contribution in [-0.2, 0) is 0 Å². The topological polar surface area (TPSA) is 67.0 Å². The second-order valence-corrected chi connectivity index (χ2v) is 9.98. The van der Waals surface area contributed by atoms with Crippen LogP contribution >= 0.6 is 11.6 Å². The maximum absolute atomic E-state index is 10.8. The molecule has 2 amide bonds. The summed E-state index contributed by atoms with van der Waals surface area (Å²) in [7, 11) is 0. The molecule has 0 saturated heterocycles. The van der Waals surface area contributed by atoms with Crippen LogP contribution in [0.5, 0.6) is 0 Å². The normalized spacial score (nSPS) is 15.4. The minimum atomic E-state index is -0.690. The van der Waals surface area contributed by atoms with Crippen molar-refractivity contribution in [3.05, 3.63) is 54.0 Å². The van der Waals surface area contributed by atoms with Gasteiger partial charge in [0.15, 0.2) is 0 Å². The molecule has 3 fully saturated rings. The summed E-state index contributed by atoms with van der Waals surface area (Å²) >= 11 is 5.62. The molecule has 0 bridgehead atoms. The molecular weight excluding hydrogens is 646 g/mol. The molecule has 4 rings (SSSR count). The van der Waals surface area contributed by atoms with E-state index in [1.807, 2.05) is 0 Å². The number of aliphatic imine (C=N–C) groups is 1. The first kappa shape index (κ1) is 43.9. The fourth-order valence-corrected chi connectivity index (χ4v) is 4.22. The molecule has 3 saturated carbocycles. The largest absolute Gasteiger partial charge is 4.00 e. The molecule has 1 aromatic carbocycles. The van der Waals surface area contributed by atoms with Gasteiger partial charge in [0.05, 0.1) is 0 Å². The maximum atomic E-state index is 10.8. The average Bonchev–Trinajstić information content (AvgIpc) is 2.99. The molecule has 0 aromatic heterocycles. The van der Waals surface area contributed by atoms with Gasteiger partial charge >= 0.3 is 23.9 Å². The fraction of sp³-hybridized carbons (Fsp3) is 0.656. The number of anilines is 1. The van der Waals surface area contributed by atoms with Gasteiger partial charge in [-0.05, 0) is 43.9 Å². The Hall–Kier alpha value is -0.591. The molecule has 8 heteroatoms. The van der Waals surface area contributed by atoms with Crippen LogP contribution in [0, 0.1) is 19.3 Å². The van der Waals surface area contributed by atoms with E-state index in [1.54, 1.807) is 24.3 Å². The summed E-state index contributed by atoms with van der Waals surface area (Å²) < 4.78 is 0. The number of benzene rings is 1. The number of hydrogen-bond donors (Lipinski definition) is 1. The van der Waals surface area contributed by atoms with Crippen molar-refractivity contribution >= 4 is 53.2 Å². The maximum Gasteiger partial charge on any atom is 4.00 e. The van der Waals surface area contributed by atoms with Crippen molar-refractivity contribution < 1.29 is 17.2 Å². The van der Waals surface area contributed by atoms with Gasteiger partial charge < -0.3 is 52.3 Å². The van der Waals surface area contributed by atoms with E-state index in [0.29, 0.717) is 10.7 Å². The van der Waals surface area contributed by atoms with Crippen molar-refractivity contribution in [3.8, 4) is 0 Å². The van der Waals surface area contributed by atoms with Gasteiger partial charge in [0.25, 0.3) is 0 Å². The molecule has 5 nitrogen and oxygen atoms in total. The Labute approximate surface area is 275 Å². The molecule has 0 atom stereocenters. The smallest absolute Gasteiger partial charge is 1.00 e. The predicted octanol–water partition coefficient (Wildman–Crippen LogP) is 7.05. The van der Waals surface area contributed by atoms with E-state index in [2.05, 4.69) is 55.2 Å². The van der Waals surface area contributed by atoms with Gasteiger partial charge in [-0.2, -0.15) is 38.5 Å². The number of halogens is 2. The van der Waals surface area contributed by atoms with E-state index in [0.717, 1.165) is 0 Å². The quantitative estimate of drug-likeness (QED) is 0.208. The van der Waals surface area contributed by atoms with E-state index in [1.165, 1.54) is 122 Å². The van der Waals surface area contributed by atoms with Crippen LogP contribution in [-0.4, -0.2) is 60.5 Å². The van der Waals surface area contributed by atoms with Crippen molar-refractivity contribution in [2.45, 2.75) is 117 Å². The van der Waals surface area contributed by atoms with Crippen LogP contribution in [0.25, 0.3) is 5.41 Å². The summed E-state index contributed by atoms with van der Waals surface area (Å²) in [6.07, 6.45) is 28.5. The molecule has 40 heavy (non-hydrogen) atoms. The predicted molar refractivity (Wildman–Crippen MR) is 173 cm³/mol. The molecule has 3 aliphatic carbocycles. The standard InChI is InChI=1S/C8H5ClN3O.C6H15N.3C6H11.ClH.Sn/c9-6-1-3-7(4-2-6)12-8(13)11-5-10;1-4-7(5-2)6-3;3*1-2-4-6-5-3-1;;/h1-4H,(H,12,13);4-6H2,1-3H3;3*1H,2-6H2;1H;/q-1;;3*-1;;+4/p-1. The van der Waals surface area contributed by atoms with Crippen molar-refractivity contribution in [1.82, 2.24) is 4.90 Å². The summed E-state index contributed by atoms with van der Waals surface area (Å²) in [5.41, 5.74) is 0.549. The van der Waals surface area contributed by atoms with Crippen LogP contribution in [0.15, 0.2) is 29.3 Å². The van der Waals surface area contributed by atoms with E-state index in [-0.39, 0.29) is 36.3 Å². The molecule has 226 valence electrons. The zero-order valence-corrected chi connectivity index (χ0v) is 29.6. The number of amides is 2. The number of nitrogens with zero attached hydrogens (tertiary/aromatic N) is 3. The summed E-state index contributed by atoms with van der Waals surface area (Å²) in [4.78, 5) is 16.1. The zero-order valence-electron chi connectivity index (χ0n) is 25.3.